The van der Waals surface area contributed by atoms with Crippen molar-refractivity contribution in [1.82, 2.24) is 0 Å². The molecule has 1 N–H and O–H groups in total. The Balaban J connectivity index is 3.05. The first-order valence-electron chi connectivity index (χ1n) is 3.79. The van der Waals surface area contributed by atoms with E-state index in [2.05, 4.69) is 0 Å². The van der Waals surface area contributed by atoms with Gasteiger partial charge in [0, 0.05) is 0 Å². The molecule has 0 saturated heterocycles. The first-order valence-corrected chi connectivity index (χ1v) is 6.71. The van der Waals surface area contributed by atoms with Gasteiger partial charge < -0.3 is 4.55 Å². The van der Waals surface area contributed by atoms with Gasteiger partial charge >= 0.3 is 0 Å². The zero-order chi connectivity index (χ0) is 10.8. The van der Waals surface area contributed by atoms with E-state index in [4.69, 9.17) is 4.55 Å². The fourth-order valence-corrected chi connectivity index (χ4v) is 3.10. The second-order valence-corrected chi connectivity index (χ2v) is 6.15. The van der Waals surface area contributed by atoms with E-state index < -0.39 is 26.0 Å². The topological polar surface area (TPSA) is 71.4 Å². The zero-order valence-corrected chi connectivity index (χ0v) is 9.14. The highest BCUT2D eigenvalue weighted by atomic mass is 32.3. The van der Waals surface area contributed by atoms with Crippen molar-refractivity contribution in [2.24, 2.45) is 0 Å². The molecule has 4 nitrogen and oxygen atoms in total. The summed E-state index contributed by atoms with van der Waals surface area (Å²) in [6.07, 6.45) is 0. The van der Waals surface area contributed by atoms with Gasteiger partial charge in [0.05, 0.1) is 4.90 Å². The summed E-state index contributed by atoms with van der Waals surface area (Å²) in [4.78, 5) is 0.0745. The van der Waals surface area contributed by atoms with E-state index in [-0.39, 0.29) is 4.90 Å². The van der Waals surface area contributed by atoms with Crippen LogP contribution in [0.4, 0.5) is 0 Å². The van der Waals surface area contributed by atoms with Gasteiger partial charge in [-0.05, 0) is 19.1 Å². The third-order valence-electron chi connectivity index (χ3n) is 1.64. The highest BCUT2D eigenvalue weighted by molar-refractivity contribution is 8.03. The van der Waals surface area contributed by atoms with Gasteiger partial charge in [-0.25, -0.2) is 12.6 Å². The summed E-state index contributed by atoms with van der Waals surface area (Å²) < 4.78 is 41.7. The van der Waals surface area contributed by atoms with Crippen LogP contribution in [0.1, 0.15) is 5.56 Å². The Labute approximate surface area is 85.2 Å². The smallest absolute Gasteiger partial charge is 0.192 e. The molecular formula is C8H10O4S2. The van der Waals surface area contributed by atoms with Crippen LogP contribution in [0.2, 0.25) is 0 Å². The molecule has 0 aliphatic carbocycles. The minimum atomic E-state index is -3.63. The Morgan fingerprint density at radius 2 is 1.79 bits per heavy atom. The normalized spacial score (nSPS) is 13.9. The van der Waals surface area contributed by atoms with E-state index >= 15 is 0 Å². The number of aryl methyl sites for hydroxylation is 1. The molecule has 0 fully saturated rings. The Morgan fingerprint density at radius 1 is 1.29 bits per heavy atom. The Kier molecular flexibility index (Phi) is 3.41. The first kappa shape index (κ1) is 11.4. The Bertz CT molecular complexity index is 433. The standard InChI is InChI=1S/C8H10O4S2/c1-7-2-4-8(5-3-7)14(11,12)6-13(9)10/h2-5H,6H2,1H3,(H,9,10). The number of hydrogen-bond acceptors (Lipinski definition) is 3. The summed E-state index contributed by atoms with van der Waals surface area (Å²) >= 11 is -2.33. The van der Waals surface area contributed by atoms with Gasteiger partial charge in [0.15, 0.2) is 26.0 Å². The van der Waals surface area contributed by atoms with Gasteiger partial charge in [0.1, 0.15) is 0 Å². The number of hydrogen-bond donors (Lipinski definition) is 1. The highest BCUT2D eigenvalue weighted by Crippen LogP contribution is 2.12. The number of benzene rings is 1. The van der Waals surface area contributed by atoms with E-state index in [1.165, 1.54) is 12.1 Å². The van der Waals surface area contributed by atoms with Crippen molar-refractivity contribution in [2.75, 3.05) is 5.08 Å². The van der Waals surface area contributed by atoms with Crippen LogP contribution in [0, 0.1) is 6.92 Å². The quantitative estimate of drug-likeness (QED) is 0.790. The predicted molar refractivity (Wildman–Crippen MR) is 54.0 cm³/mol. The summed E-state index contributed by atoms with van der Waals surface area (Å²) in [5.74, 6) is 0. The van der Waals surface area contributed by atoms with Crippen LogP contribution in [-0.2, 0) is 20.9 Å². The van der Waals surface area contributed by atoms with Gasteiger partial charge in [-0.2, -0.15) is 0 Å². The lowest BCUT2D eigenvalue weighted by Gasteiger charge is -2.01. The lowest BCUT2D eigenvalue weighted by Crippen LogP contribution is -2.10. The summed E-state index contributed by atoms with van der Waals surface area (Å²) in [5, 5.41) is -0.754. The van der Waals surface area contributed by atoms with Gasteiger partial charge in [0.25, 0.3) is 0 Å². The SMILES string of the molecule is Cc1ccc(S(=O)(=O)CS(=O)O)cc1. The molecule has 0 aliphatic heterocycles. The maximum atomic E-state index is 11.4. The Morgan fingerprint density at radius 3 is 2.21 bits per heavy atom. The average Bonchev–Trinajstić information content (AvgIpc) is 2.02. The van der Waals surface area contributed by atoms with Crippen LogP contribution in [0.15, 0.2) is 29.2 Å². The average molecular weight is 234 g/mol. The monoisotopic (exact) mass is 234 g/mol. The Hall–Kier alpha value is -0.720. The number of rotatable bonds is 3. The van der Waals surface area contributed by atoms with Gasteiger partial charge in [-0.15, -0.1) is 0 Å². The molecule has 0 radical (unpaired) electrons. The summed E-state index contributed by atoms with van der Waals surface area (Å²) in [5.41, 5.74) is 0.939. The molecule has 14 heavy (non-hydrogen) atoms. The molecular weight excluding hydrogens is 224 g/mol. The largest absolute Gasteiger partial charge is 0.305 e. The number of sulfone groups is 1. The minimum absolute atomic E-state index is 0.0745. The molecule has 0 amide bonds. The summed E-state index contributed by atoms with van der Waals surface area (Å²) in [7, 11) is -3.63. The van der Waals surface area contributed by atoms with Crippen LogP contribution in [0.3, 0.4) is 0 Å². The molecule has 0 aliphatic rings. The summed E-state index contributed by atoms with van der Waals surface area (Å²) in [6.45, 7) is 1.83. The molecule has 0 saturated carbocycles. The van der Waals surface area contributed by atoms with Crippen molar-refractivity contribution in [3.8, 4) is 0 Å². The van der Waals surface area contributed by atoms with Crippen molar-refractivity contribution < 1.29 is 17.2 Å². The molecule has 1 atom stereocenters. The molecule has 0 bridgehead atoms. The van der Waals surface area contributed by atoms with Crippen molar-refractivity contribution >= 4 is 20.9 Å². The van der Waals surface area contributed by atoms with Gasteiger partial charge in [-0.3, -0.25) is 0 Å². The van der Waals surface area contributed by atoms with E-state index in [0.29, 0.717) is 0 Å². The molecule has 1 aromatic carbocycles. The van der Waals surface area contributed by atoms with E-state index in [9.17, 15) is 12.6 Å². The second-order valence-electron chi connectivity index (χ2n) is 2.87. The van der Waals surface area contributed by atoms with Crippen molar-refractivity contribution in [3.63, 3.8) is 0 Å². The van der Waals surface area contributed by atoms with Gasteiger partial charge in [0.2, 0.25) is 0 Å². The predicted octanol–water partition coefficient (Wildman–Crippen LogP) is 0.948. The van der Waals surface area contributed by atoms with Gasteiger partial charge in [-0.1, -0.05) is 17.7 Å². The van der Waals surface area contributed by atoms with E-state index in [0.717, 1.165) is 5.56 Å². The fraction of sp³-hybridized carbons (Fsp3) is 0.250. The summed E-state index contributed by atoms with van der Waals surface area (Å²) in [6, 6.07) is 6.15. The van der Waals surface area contributed by atoms with Crippen LogP contribution >= 0.6 is 0 Å². The highest BCUT2D eigenvalue weighted by Gasteiger charge is 2.16. The molecule has 0 aromatic heterocycles. The molecule has 1 rings (SSSR count). The van der Waals surface area contributed by atoms with Crippen molar-refractivity contribution in [1.29, 1.82) is 0 Å². The zero-order valence-electron chi connectivity index (χ0n) is 7.50. The molecule has 6 heteroatoms. The second kappa shape index (κ2) is 4.20. The molecule has 0 heterocycles. The van der Waals surface area contributed by atoms with E-state index in [1.54, 1.807) is 12.1 Å². The third kappa shape index (κ3) is 2.90. The lowest BCUT2D eigenvalue weighted by molar-refractivity contribution is 0.565. The maximum absolute atomic E-state index is 11.4. The lowest BCUT2D eigenvalue weighted by atomic mass is 10.2. The van der Waals surface area contributed by atoms with Crippen molar-refractivity contribution in [2.45, 2.75) is 11.8 Å². The van der Waals surface area contributed by atoms with Crippen LogP contribution in [0.25, 0.3) is 0 Å². The minimum Gasteiger partial charge on any atom is -0.305 e. The van der Waals surface area contributed by atoms with Crippen LogP contribution in [-0.4, -0.2) is 22.3 Å². The third-order valence-corrected chi connectivity index (χ3v) is 4.67. The molecule has 1 unspecified atom stereocenters. The first-order chi connectivity index (χ1) is 6.42. The molecule has 78 valence electrons. The van der Waals surface area contributed by atoms with E-state index in [1.807, 2.05) is 6.92 Å². The maximum Gasteiger partial charge on any atom is 0.192 e. The van der Waals surface area contributed by atoms with Crippen LogP contribution in [0.5, 0.6) is 0 Å². The fourth-order valence-electron chi connectivity index (χ4n) is 0.946. The molecule has 0 spiro atoms. The van der Waals surface area contributed by atoms with Crippen LogP contribution < -0.4 is 0 Å². The molecule has 1 aromatic rings. The van der Waals surface area contributed by atoms with Crippen molar-refractivity contribution in [3.05, 3.63) is 29.8 Å².